The predicted octanol–water partition coefficient (Wildman–Crippen LogP) is 2.25. The van der Waals surface area contributed by atoms with Gasteiger partial charge in [0.1, 0.15) is 11.6 Å². The van der Waals surface area contributed by atoms with Crippen molar-refractivity contribution in [1.82, 2.24) is 15.3 Å². The molecule has 0 bridgehead atoms. The number of nitrogens with one attached hydrogen (secondary N) is 1. The van der Waals surface area contributed by atoms with Crippen molar-refractivity contribution in [3.8, 4) is 0 Å². The number of amides is 3. The quantitative estimate of drug-likeness (QED) is 0.855. The van der Waals surface area contributed by atoms with Gasteiger partial charge in [0.05, 0.1) is 0 Å². The van der Waals surface area contributed by atoms with Gasteiger partial charge in [-0.3, -0.25) is 0 Å². The van der Waals surface area contributed by atoms with Crippen LogP contribution in [0, 0.1) is 0 Å². The average molecular weight is 363 g/mol. The number of aliphatic carboxylic acids is 1. The van der Waals surface area contributed by atoms with Gasteiger partial charge in [-0.1, -0.05) is 30.3 Å². The van der Waals surface area contributed by atoms with Gasteiger partial charge in [-0.2, -0.15) is 0 Å². The van der Waals surface area contributed by atoms with Gasteiger partial charge in [0.25, 0.3) is 0 Å². The van der Waals surface area contributed by atoms with E-state index < -0.39 is 29.7 Å². The molecule has 1 heterocycles. The van der Waals surface area contributed by atoms with E-state index in [0.717, 1.165) is 5.56 Å². The Bertz CT molecular complexity index is 657. The summed E-state index contributed by atoms with van der Waals surface area (Å²) in [6.45, 7) is 5.89. The van der Waals surface area contributed by atoms with Crippen LogP contribution in [0.4, 0.5) is 9.59 Å². The normalized spacial score (nSPS) is 15.5. The summed E-state index contributed by atoms with van der Waals surface area (Å²) in [7, 11) is 0. The zero-order valence-corrected chi connectivity index (χ0v) is 15.3. The van der Waals surface area contributed by atoms with E-state index in [4.69, 9.17) is 4.74 Å². The summed E-state index contributed by atoms with van der Waals surface area (Å²) in [6.07, 6.45) is 0.130. The molecule has 1 fully saturated rings. The Hall–Kier alpha value is -2.77. The van der Waals surface area contributed by atoms with E-state index in [0.29, 0.717) is 19.5 Å². The smallest absolute Gasteiger partial charge is 0.429 e. The molecule has 3 amide bonds. The van der Waals surface area contributed by atoms with E-state index in [1.54, 1.807) is 45.0 Å². The number of carbonyl (C=O) groups is 3. The van der Waals surface area contributed by atoms with E-state index >= 15 is 0 Å². The van der Waals surface area contributed by atoms with E-state index in [1.807, 2.05) is 6.07 Å². The van der Waals surface area contributed by atoms with Crippen LogP contribution in [0.5, 0.6) is 0 Å². The third kappa shape index (κ3) is 5.37. The summed E-state index contributed by atoms with van der Waals surface area (Å²) in [5, 5.41) is 14.3. The number of carbonyl (C=O) groups excluding carboxylic acids is 2. The summed E-state index contributed by atoms with van der Waals surface area (Å²) in [5.74, 6) is -1.13. The topological polar surface area (TPSA) is 99.2 Å². The number of carboxylic acid groups (broad SMARTS) is 1. The SMILES string of the molecule is CC(C)(C)OC(=O)N1CCCN1C(=O)N[C@@H](Cc1ccccc1)C(=O)O. The molecular weight excluding hydrogens is 338 g/mol. The Kier molecular flexibility index (Phi) is 6.07. The molecule has 0 unspecified atom stereocenters. The van der Waals surface area contributed by atoms with Crippen molar-refractivity contribution in [3.63, 3.8) is 0 Å². The lowest BCUT2D eigenvalue weighted by Crippen LogP contribution is -2.54. The minimum absolute atomic E-state index is 0.155. The van der Waals surface area contributed by atoms with Gasteiger partial charge >= 0.3 is 18.1 Å². The van der Waals surface area contributed by atoms with E-state index in [2.05, 4.69) is 5.32 Å². The predicted molar refractivity (Wildman–Crippen MR) is 94.4 cm³/mol. The molecule has 2 N–H and O–H groups in total. The Morgan fingerprint density at radius 3 is 2.35 bits per heavy atom. The van der Waals surface area contributed by atoms with Crippen molar-refractivity contribution in [2.45, 2.75) is 45.3 Å². The molecule has 1 aliphatic rings. The van der Waals surface area contributed by atoms with Crippen LogP contribution in [0.3, 0.4) is 0 Å². The van der Waals surface area contributed by atoms with Crippen molar-refractivity contribution >= 4 is 18.1 Å². The Balaban J connectivity index is 2.03. The van der Waals surface area contributed by atoms with Crippen molar-refractivity contribution in [3.05, 3.63) is 35.9 Å². The highest BCUT2D eigenvalue weighted by molar-refractivity contribution is 5.84. The number of hydrogen-bond acceptors (Lipinski definition) is 4. The molecule has 1 atom stereocenters. The van der Waals surface area contributed by atoms with Gasteiger partial charge in [-0.05, 0) is 32.8 Å². The maximum absolute atomic E-state index is 12.5. The van der Waals surface area contributed by atoms with E-state index in [9.17, 15) is 19.5 Å². The number of rotatable bonds is 4. The number of hydrogen-bond donors (Lipinski definition) is 2. The molecule has 0 spiro atoms. The van der Waals surface area contributed by atoms with Crippen molar-refractivity contribution in [1.29, 1.82) is 0 Å². The molecule has 8 nitrogen and oxygen atoms in total. The highest BCUT2D eigenvalue weighted by atomic mass is 16.6. The molecule has 2 rings (SSSR count). The fraction of sp³-hybridized carbons (Fsp3) is 0.500. The van der Waals surface area contributed by atoms with Gasteiger partial charge in [0.2, 0.25) is 0 Å². The van der Waals surface area contributed by atoms with Crippen LogP contribution in [0.15, 0.2) is 30.3 Å². The van der Waals surface area contributed by atoms with Gasteiger partial charge in [0, 0.05) is 19.5 Å². The number of benzene rings is 1. The Morgan fingerprint density at radius 2 is 1.77 bits per heavy atom. The van der Waals surface area contributed by atoms with Crippen molar-refractivity contribution in [2.24, 2.45) is 0 Å². The van der Waals surface area contributed by atoms with Crippen LogP contribution in [-0.4, -0.2) is 58.0 Å². The van der Waals surface area contributed by atoms with Gasteiger partial charge in [-0.25, -0.2) is 24.4 Å². The third-order valence-electron chi connectivity index (χ3n) is 3.75. The Morgan fingerprint density at radius 1 is 1.15 bits per heavy atom. The van der Waals surface area contributed by atoms with Crippen molar-refractivity contribution in [2.75, 3.05) is 13.1 Å². The number of ether oxygens (including phenoxy) is 1. The lowest BCUT2D eigenvalue weighted by atomic mass is 10.1. The van der Waals surface area contributed by atoms with E-state index in [-0.39, 0.29) is 6.42 Å². The first kappa shape index (κ1) is 19.6. The Labute approximate surface area is 152 Å². The first-order valence-corrected chi connectivity index (χ1v) is 8.52. The molecule has 1 aromatic rings. The molecule has 0 aliphatic carbocycles. The largest absolute Gasteiger partial charge is 0.480 e. The van der Waals surface area contributed by atoms with Crippen LogP contribution in [-0.2, 0) is 16.0 Å². The number of carboxylic acids is 1. The van der Waals surface area contributed by atoms with Gasteiger partial charge in [-0.15, -0.1) is 0 Å². The van der Waals surface area contributed by atoms with Gasteiger partial charge < -0.3 is 15.2 Å². The molecule has 0 aromatic heterocycles. The first-order chi connectivity index (χ1) is 12.2. The summed E-state index contributed by atoms with van der Waals surface area (Å²) in [4.78, 5) is 36.3. The highest BCUT2D eigenvalue weighted by Gasteiger charge is 2.35. The van der Waals surface area contributed by atoms with Gasteiger partial charge in [0.15, 0.2) is 0 Å². The summed E-state index contributed by atoms with van der Waals surface area (Å²) >= 11 is 0. The van der Waals surface area contributed by atoms with Crippen LogP contribution in [0.25, 0.3) is 0 Å². The maximum Gasteiger partial charge on any atom is 0.429 e. The molecule has 0 saturated carbocycles. The van der Waals surface area contributed by atoms with Crippen LogP contribution >= 0.6 is 0 Å². The second kappa shape index (κ2) is 8.07. The van der Waals surface area contributed by atoms with E-state index in [1.165, 1.54) is 10.0 Å². The first-order valence-electron chi connectivity index (χ1n) is 8.52. The molecule has 8 heteroatoms. The lowest BCUT2D eigenvalue weighted by Gasteiger charge is -2.31. The highest BCUT2D eigenvalue weighted by Crippen LogP contribution is 2.17. The third-order valence-corrected chi connectivity index (χ3v) is 3.75. The summed E-state index contributed by atoms with van der Waals surface area (Å²) in [5.41, 5.74) is 0.115. The standard InChI is InChI=1S/C18H25N3O5/c1-18(2,3)26-17(25)21-11-7-10-20(21)16(24)19-14(15(22)23)12-13-8-5-4-6-9-13/h4-6,8-9,14H,7,10-12H2,1-3H3,(H,19,24)(H,22,23)/t14-/m0/s1. The molecule has 0 radical (unpaired) electrons. The second-order valence-corrected chi connectivity index (χ2v) is 7.11. The summed E-state index contributed by atoms with van der Waals surface area (Å²) < 4.78 is 5.30. The zero-order chi connectivity index (χ0) is 19.3. The fourth-order valence-corrected chi connectivity index (χ4v) is 2.60. The molecule has 26 heavy (non-hydrogen) atoms. The monoisotopic (exact) mass is 363 g/mol. The zero-order valence-electron chi connectivity index (χ0n) is 15.3. The van der Waals surface area contributed by atoms with Crippen LogP contribution in [0.2, 0.25) is 0 Å². The number of hydrazine groups is 1. The molecule has 1 aromatic carbocycles. The molecule has 142 valence electrons. The molecule has 1 saturated heterocycles. The number of nitrogens with zero attached hydrogens (tertiary/aromatic N) is 2. The molecular formula is C18H25N3O5. The summed E-state index contributed by atoms with van der Waals surface area (Å²) in [6, 6.07) is 7.32. The minimum Gasteiger partial charge on any atom is -0.480 e. The fourth-order valence-electron chi connectivity index (χ4n) is 2.60. The second-order valence-electron chi connectivity index (χ2n) is 7.11. The maximum atomic E-state index is 12.5. The molecule has 1 aliphatic heterocycles. The van der Waals surface area contributed by atoms with Crippen LogP contribution < -0.4 is 5.32 Å². The van der Waals surface area contributed by atoms with Crippen molar-refractivity contribution < 1.29 is 24.2 Å². The minimum atomic E-state index is -1.13. The average Bonchev–Trinajstić information content (AvgIpc) is 3.03. The van der Waals surface area contributed by atoms with Crippen LogP contribution in [0.1, 0.15) is 32.8 Å². The lowest BCUT2D eigenvalue weighted by molar-refractivity contribution is -0.139. The number of urea groups is 1.